The van der Waals surface area contributed by atoms with E-state index in [1.165, 1.54) is 0 Å². The van der Waals surface area contributed by atoms with E-state index in [0.717, 1.165) is 18.6 Å². The highest BCUT2D eigenvalue weighted by Crippen LogP contribution is 2.17. The molecule has 104 valence electrons. The summed E-state index contributed by atoms with van der Waals surface area (Å²) < 4.78 is 9.90. The van der Waals surface area contributed by atoms with Gasteiger partial charge < -0.3 is 9.47 Å². The van der Waals surface area contributed by atoms with Gasteiger partial charge in [-0.2, -0.15) is 0 Å². The molecule has 5 heteroatoms. The molecule has 0 heterocycles. The van der Waals surface area contributed by atoms with Gasteiger partial charge in [-0.1, -0.05) is 18.2 Å². The van der Waals surface area contributed by atoms with Crippen LogP contribution in [0.4, 0.5) is 0 Å². The van der Waals surface area contributed by atoms with Crippen LogP contribution in [0, 0.1) is 0 Å². The molecule has 0 aliphatic heterocycles. The van der Waals surface area contributed by atoms with E-state index in [1.807, 2.05) is 0 Å². The van der Waals surface area contributed by atoms with Crippen LogP contribution in [0.2, 0.25) is 0 Å². The molecule has 1 atom stereocenters. The third-order valence-electron chi connectivity index (χ3n) is 2.82. The minimum atomic E-state index is -0.713. The van der Waals surface area contributed by atoms with E-state index in [-0.39, 0.29) is 5.78 Å². The van der Waals surface area contributed by atoms with Gasteiger partial charge in [0.1, 0.15) is 5.75 Å². The molecule has 0 saturated heterocycles. The second-order valence-electron chi connectivity index (χ2n) is 4.35. The lowest BCUT2D eigenvalue weighted by molar-refractivity contribution is -0.148. The number of rotatable bonds is 4. The van der Waals surface area contributed by atoms with Crippen molar-refractivity contribution in [3.63, 3.8) is 0 Å². The monoisotopic (exact) mass is 274 g/mol. The fraction of sp³-hybridized carbons (Fsp3) is 0.267. The molecule has 1 aliphatic carbocycles. The molecule has 1 unspecified atom stereocenters. The van der Waals surface area contributed by atoms with Crippen molar-refractivity contribution in [1.82, 2.24) is 0 Å². The normalized spacial score (nSPS) is 18.2. The van der Waals surface area contributed by atoms with Crippen molar-refractivity contribution in [2.75, 3.05) is 0 Å². The molecule has 0 spiro atoms. The second-order valence-corrected chi connectivity index (χ2v) is 4.35. The first kappa shape index (κ1) is 14.0. The molecule has 1 fully saturated rings. The quantitative estimate of drug-likeness (QED) is 0.476. The molecule has 1 aliphatic rings. The Kier molecular flexibility index (Phi) is 4.65. The average Bonchev–Trinajstić information content (AvgIpc) is 2.83. The summed E-state index contributed by atoms with van der Waals surface area (Å²) in [6.45, 7) is 0. The van der Waals surface area contributed by atoms with Gasteiger partial charge in [-0.15, -0.1) is 0 Å². The first-order valence-corrected chi connectivity index (χ1v) is 6.33. The summed E-state index contributed by atoms with van der Waals surface area (Å²) in [6, 6.07) is 8.50. The van der Waals surface area contributed by atoms with Crippen molar-refractivity contribution in [2.45, 2.75) is 25.4 Å². The Labute approximate surface area is 116 Å². The van der Waals surface area contributed by atoms with Crippen LogP contribution >= 0.6 is 0 Å². The standard InChI is InChI=1S/C15H14O5/c16-12-7-4-8-13(12)20-15(18)10-9-14(17)19-11-5-2-1-3-6-11/h1-3,5-6,9-10,13H,4,7-8H2/b10-9+. The molecule has 0 bridgehead atoms. The fourth-order valence-corrected chi connectivity index (χ4v) is 1.86. The summed E-state index contributed by atoms with van der Waals surface area (Å²) in [4.78, 5) is 34.2. The van der Waals surface area contributed by atoms with Crippen LogP contribution in [0.1, 0.15) is 19.3 Å². The third kappa shape index (κ3) is 4.05. The third-order valence-corrected chi connectivity index (χ3v) is 2.82. The lowest BCUT2D eigenvalue weighted by Crippen LogP contribution is -2.21. The number of Topliss-reactive ketones (excluding diaryl/α,β-unsaturated/α-hetero) is 1. The minimum Gasteiger partial charge on any atom is -0.451 e. The van der Waals surface area contributed by atoms with E-state index >= 15 is 0 Å². The molecule has 1 saturated carbocycles. The summed E-state index contributed by atoms with van der Waals surface area (Å²) in [5.74, 6) is -1.07. The summed E-state index contributed by atoms with van der Waals surface area (Å²) in [5.41, 5.74) is 0. The molecule has 5 nitrogen and oxygen atoms in total. The Hall–Kier alpha value is -2.43. The van der Waals surface area contributed by atoms with Crippen LogP contribution < -0.4 is 4.74 Å². The molecule has 20 heavy (non-hydrogen) atoms. The maximum Gasteiger partial charge on any atom is 0.336 e. The SMILES string of the molecule is O=C(/C=C/C(=O)OC1CCCC1=O)Oc1ccccc1. The van der Waals surface area contributed by atoms with Crippen LogP contribution in [-0.2, 0) is 19.1 Å². The highest BCUT2D eigenvalue weighted by atomic mass is 16.5. The highest BCUT2D eigenvalue weighted by molar-refractivity contribution is 5.94. The Morgan fingerprint density at radius 1 is 1.10 bits per heavy atom. The summed E-state index contributed by atoms with van der Waals surface area (Å²) in [5, 5.41) is 0. The van der Waals surface area contributed by atoms with Crippen LogP contribution in [0.25, 0.3) is 0 Å². The van der Waals surface area contributed by atoms with Gasteiger partial charge in [0.25, 0.3) is 0 Å². The number of benzene rings is 1. The van der Waals surface area contributed by atoms with Crippen LogP contribution in [-0.4, -0.2) is 23.8 Å². The minimum absolute atomic E-state index is 0.0707. The van der Waals surface area contributed by atoms with Crippen molar-refractivity contribution >= 4 is 17.7 Å². The van der Waals surface area contributed by atoms with Gasteiger partial charge in [-0.3, -0.25) is 4.79 Å². The van der Waals surface area contributed by atoms with Crippen molar-refractivity contribution in [2.24, 2.45) is 0 Å². The largest absolute Gasteiger partial charge is 0.451 e. The van der Waals surface area contributed by atoms with Gasteiger partial charge in [0.15, 0.2) is 11.9 Å². The topological polar surface area (TPSA) is 69.7 Å². The zero-order valence-electron chi connectivity index (χ0n) is 10.8. The van der Waals surface area contributed by atoms with E-state index < -0.39 is 18.0 Å². The first-order chi connectivity index (χ1) is 9.65. The fourth-order valence-electron chi connectivity index (χ4n) is 1.86. The highest BCUT2D eigenvalue weighted by Gasteiger charge is 2.27. The molecule has 0 amide bonds. The van der Waals surface area contributed by atoms with Crippen LogP contribution in [0.3, 0.4) is 0 Å². The molecular formula is C15H14O5. The number of carbonyl (C=O) groups excluding carboxylic acids is 3. The number of ketones is 1. The number of hydrogen-bond donors (Lipinski definition) is 0. The van der Waals surface area contributed by atoms with Crippen LogP contribution in [0.5, 0.6) is 5.75 Å². The molecule has 2 rings (SSSR count). The van der Waals surface area contributed by atoms with Gasteiger partial charge >= 0.3 is 11.9 Å². The molecule has 0 aromatic heterocycles. The molecular weight excluding hydrogens is 260 g/mol. The molecule has 1 aromatic rings. The Bertz CT molecular complexity index is 532. The summed E-state index contributed by atoms with van der Waals surface area (Å²) >= 11 is 0. The molecule has 1 aromatic carbocycles. The number of carbonyl (C=O) groups is 3. The van der Waals surface area contributed by atoms with Crippen molar-refractivity contribution in [3.8, 4) is 5.75 Å². The first-order valence-electron chi connectivity index (χ1n) is 6.33. The van der Waals surface area contributed by atoms with E-state index in [1.54, 1.807) is 30.3 Å². The van der Waals surface area contributed by atoms with E-state index in [4.69, 9.17) is 9.47 Å². The zero-order valence-corrected chi connectivity index (χ0v) is 10.8. The number of esters is 2. The lowest BCUT2D eigenvalue weighted by atomic mass is 10.3. The van der Waals surface area contributed by atoms with Crippen LogP contribution in [0.15, 0.2) is 42.5 Å². The molecule has 0 radical (unpaired) electrons. The maximum absolute atomic E-state index is 11.4. The number of ether oxygens (including phenoxy) is 2. The predicted molar refractivity (Wildman–Crippen MR) is 70.0 cm³/mol. The summed E-state index contributed by atoms with van der Waals surface area (Å²) in [6.07, 6.45) is 3.00. The predicted octanol–water partition coefficient (Wildman–Crippen LogP) is 1.81. The van der Waals surface area contributed by atoms with Gasteiger partial charge in [-0.25, -0.2) is 9.59 Å². The molecule has 0 N–H and O–H groups in total. The maximum atomic E-state index is 11.4. The van der Waals surface area contributed by atoms with Gasteiger partial charge in [0, 0.05) is 18.6 Å². The average molecular weight is 274 g/mol. The van der Waals surface area contributed by atoms with E-state index in [0.29, 0.717) is 18.6 Å². The Balaban J connectivity index is 1.81. The van der Waals surface area contributed by atoms with E-state index in [2.05, 4.69) is 0 Å². The lowest BCUT2D eigenvalue weighted by Gasteiger charge is -2.07. The number of para-hydroxylation sites is 1. The number of hydrogen-bond acceptors (Lipinski definition) is 5. The van der Waals surface area contributed by atoms with Crippen molar-refractivity contribution < 1.29 is 23.9 Å². The Morgan fingerprint density at radius 3 is 2.45 bits per heavy atom. The Morgan fingerprint density at radius 2 is 1.80 bits per heavy atom. The van der Waals surface area contributed by atoms with Gasteiger partial charge in [0.05, 0.1) is 0 Å². The zero-order chi connectivity index (χ0) is 14.4. The summed E-state index contributed by atoms with van der Waals surface area (Å²) in [7, 11) is 0. The smallest absolute Gasteiger partial charge is 0.336 e. The second kappa shape index (κ2) is 6.65. The van der Waals surface area contributed by atoms with E-state index in [9.17, 15) is 14.4 Å². The van der Waals surface area contributed by atoms with Gasteiger partial charge in [-0.05, 0) is 25.0 Å². The van der Waals surface area contributed by atoms with Crippen molar-refractivity contribution in [3.05, 3.63) is 42.5 Å². The van der Waals surface area contributed by atoms with Crippen molar-refractivity contribution in [1.29, 1.82) is 0 Å². The van der Waals surface area contributed by atoms with Gasteiger partial charge in [0.2, 0.25) is 0 Å².